The second-order valence-corrected chi connectivity index (χ2v) is 9.07. The summed E-state index contributed by atoms with van der Waals surface area (Å²) < 4.78 is 0. The molecule has 34 heavy (non-hydrogen) atoms. The average Bonchev–Trinajstić information content (AvgIpc) is 3.30. The van der Waals surface area contributed by atoms with Crippen molar-refractivity contribution in [3.8, 4) is 0 Å². The highest BCUT2D eigenvalue weighted by atomic mass is 16.2. The first-order valence-electron chi connectivity index (χ1n) is 11.7. The van der Waals surface area contributed by atoms with Crippen molar-refractivity contribution in [2.24, 2.45) is 5.92 Å². The van der Waals surface area contributed by atoms with Crippen LogP contribution in [0.5, 0.6) is 0 Å². The Kier molecular flexibility index (Phi) is 6.00. The van der Waals surface area contributed by atoms with Crippen LogP contribution in [0.25, 0.3) is 0 Å². The van der Waals surface area contributed by atoms with Crippen LogP contribution in [-0.2, 0) is 27.2 Å². The number of anilines is 2. The molecule has 176 valence electrons. The number of hydrogen-bond acceptors (Lipinski definition) is 5. The fourth-order valence-corrected chi connectivity index (χ4v) is 5.05. The SMILES string of the molecule is O=C(NCC1CCN(C(=O)c2ccncc2)CC1)C(=O)Nc1cc2c3c(c1)CCN3C(=O)CC2. The second kappa shape index (κ2) is 9.24. The van der Waals surface area contributed by atoms with Crippen molar-refractivity contribution < 1.29 is 19.2 Å². The summed E-state index contributed by atoms with van der Waals surface area (Å²) in [5, 5.41) is 5.45. The largest absolute Gasteiger partial charge is 0.348 e. The standard InChI is InChI=1S/C25H27N5O4/c31-21-2-1-18-13-20(14-19-7-12-30(21)22(18)19)28-24(33)23(32)27-15-16-5-10-29(11-6-16)25(34)17-3-8-26-9-4-17/h3-4,8-9,13-14,16H,1-2,5-7,10-12,15H2,(H,27,32)(H,28,33). The number of hydrogen-bond donors (Lipinski definition) is 2. The first-order chi connectivity index (χ1) is 16.5. The van der Waals surface area contributed by atoms with E-state index >= 15 is 0 Å². The summed E-state index contributed by atoms with van der Waals surface area (Å²) in [6.45, 7) is 2.30. The van der Waals surface area contributed by atoms with Gasteiger partial charge in [0.1, 0.15) is 0 Å². The maximum absolute atomic E-state index is 12.5. The molecule has 0 saturated carbocycles. The van der Waals surface area contributed by atoms with Crippen LogP contribution in [0.15, 0.2) is 36.7 Å². The van der Waals surface area contributed by atoms with Gasteiger partial charge in [-0.15, -0.1) is 0 Å². The summed E-state index contributed by atoms with van der Waals surface area (Å²) in [6, 6.07) is 7.14. The summed E-state index contributed by atoms with van der Waals surface area (Å²) in [4.78, 5) is 57.1. The van der Waals surface area contributed by atoms with Gasteiger partial charge in [-0.2, -0.15) is 0 Å². The number of nitrogens with one attached hydrogen (secondary N) is 2. The zero-order valence-corrected chi connectivity index (χ0v) is 18.9. The van der Waals surface area contributed by atoms with Crippen molar-refractivity contribution in [2.45, 2.75) is 32.1 Å². The Labute approximate surface area is 197 Å². The molecule has 4 amide bonds. The minimum Gasteiger partial charge on any atom is -0.348 e. The Hall–Kier alpha value is -3.75. The number of amides is 4. The molecule has 4 heterocycles. The zero-order valence-electron chi connectivity index (χ0n) is 18.9. The monoisotopic (exact) mass is 461 g/mol. The van der Waals surface area contributed by atoms with Gasteiger partial charge >= 0.3 is 11.8 Å². The molecule has 0 unspecified atom stereocenters. The molecule has 0 bridgehead atoms. The lowest BCUT2D eigenvalue weighted by molar-refractivity contribution is -0.136. The topological polar surface area (TPSA) is 112 Å². The molecule has 2 N–H and O–H groups in total. The number of carbonyl (C=O) groups is 4. The van der Waals surface area contributed by atoms with Gasteiger partial charge in [-0.1, -0.05) is 0 Å². The van der Waals surface area contributed by atoms with E-state index in [4.69, 9.17) is 0 Å². The maximum Gasteiger partial charge on any atom is 0.313 e. The Bertz CT molecular complexity index is 1140. The van der Waals surface area contributed by atoms with Gasteiger partial charge in [0, 0.05) is 56.2 Å². The van der Waals surface area contributed by atoms with E-state index in [9.17, 15) is 19.2 Å². The fraction of sp³-hybridized carbons (Fsp3) is 0.400. The molecule has 9 nitrogen and oxygen atoms in total. The number of pyridine rings is 1. The van der Waals surface area contributed by atoms with Crippen LogP contribution in [0.1, 0.15) is 40.7 Å². The van der Waals surface area contributed by atoms with Gasteiger partial charge in [0.2, 0.25) is 5.91 Å². The lowest BCUT2D eigenvalue weighted by Crippen LogP contribution is -2.43. The van der Waals surface area contributed by atoms with Gasteiger partial charge in [-0.05, 0) is 67.0 Å². The molecule has 0 atom stereocenters. The molecule has 9 heteroatoms. The second-order valence-electron chi connectivity index (χ2n) is 9.07. The number of aromatic nitrogens is 1. The van der Waals surface area contributed by atoms with Gasteiger partial charge in [0.25, 0.3) is 5.91 Å². The number of likely N-dealkylation sites (tertiary alicyclic amines) is 1. The molecule has 3 aliphatic rings. The molecule has 2 aromatic rings. The van der Waals surface area contributed by atoms with Crippen molar-refractivity contribution in [3.05, 3.63) is 53.3 Å². The van der Waals surface area contributed by atoms with Crippen LogP contribution in [0.4, 0.5) is 11.4 Å². The number of aryl methyl sites for hydroxylation is 1. The Morgan fingerprint density at radius 3 is 2.38 bits per heavy atom. The van der Waals surface area contributed by atoms with E-state index in [2.05, 4.69) is 15.6 Å². The van der Waals surface area contributed by atoms with Crippen LogP contribution in [0, 0.1) is 5.92 Å². The predicted octanol–water partition coefficient (Wildman–Crippen LogP) is 1.52. The van der Waals surface area contributed by atoms with E-state index in [1.54, 1.807) is 24.5 Å². The number of benzene rings is 1. The summed E-state index contributed by atoms with van der Waals surface area (Å²) >= 11 is 0. The molecule has 5 rings (SSSR count). The summed E-state index contributed by atoms with van der Waals surface area (Å²) in [5.41, 5.74) is 4.27. The van der Waals surface area contributed by atoms with Gasteiger partial charge in [-0.3, -0.25) is 24.2 Å². The first kappa shape index (κ1) is 22.1. The summed E-state index contributed by atoms with van der Waals surface area (Å²) in [5.74, 6) is -1.01. The fourth-order valence-electron chi connectivity index (χ4n) is 5.05. The summed E-state index contributed by atoms with van der Waals surface area (Å²) in [7, 11) is 0. The number of nitrogens with zero attached hydrogens (tertiary/aromatic N) is 3. The molecule has 0 spiro atoms. The van der Waals surface area contributed by atoms with Crippen molar-refractivity contribution >= 4 is 35.0 Å². The van der Waals surface area contributed by atoms with E-state index in [0.29, 0.717) is 50.3 Å². The smallest absolute Gasteiger partial charge is 0.313 e. The molecule has 1 aromatic carbocycles. The van der Waals surface area contributed by atoms with Gasteiger partial charge < -0.3 is 20.4 Å². The number of rotatable bonds is 4. The highest BCUT2D eigenvalue weighted by Gasteiger charge is 2.32. The molecule has 1 saturated heterocycles. The van der Waals surface area contributed by atoms with E-state index in [0.717, 1.165) is 36.1 Å². The lowest BCUT2D eigenvalue weighted by Gasteiger charge is -2.32. The van der Waals surface area contributed by atoms with Crippen molar-refractivity contribution in [2.75, 3.05) is 36.4 Å². The third-order valence-corrected chi connectivity index (χ3v) is 6.90. The van der Waals surface area contributed by atoms with Gasteiger partial charge in [-0.25, -0.2) is 0 Å². The van der Waals surface area contributed by atoms with E-state index in [-0.39, 0.29) is 17.7 Å². The summed E-state index contributed by atoms with van der Waals surface area (Å²) in [6.07, 6.45) is 6.62. The third kappa shape index (κ3) is 4.37. The normalized spacial score (nSPS) is 17.4. The van der Waals surface area contributed by atoms with E-state index < -0.39 is 11.8 Å². The maximum atomic E-state index is 12.5. The van der Waals surface area contributed by atoms with Gasteiger partial charge in [0.15, 0.2) is 0 Å². The molecule has 1 aromatic heterocycles. The quantitative estimate of drug-likeness (QED) is 0.671. The third-order valence-electron chi connectivity index (χ3n) is 6.90. The van der Waals surface area contributed by atoms with Crippen molar-refractivity contribution in [3.63, 3.8) is 0 Å². The Morgan fingerprint density at radius 2 is 1.65 bits per heavy atom. The minimum atomic E-state index is -0.695. The van der Waals surface area contributed by atoms with Crippen molar-refractivity contribution in [1.29, 1.82) is 0 Å². The van der Waals surface area contributed by atoms with E-state index in [1.807, 2.05) is 21.9 Å². The minimum absolute atomic E-state index is 0.00914. The van der Waals surface area contributed by atoms with Crippen molar-refractivity contribution in [1.82, 2.24) is 15.2 Å². The first-order valence-corrected chi connectivity index (χ1v) is 11.7. The highest BCUT2D eigenvalue weighted by Crippen LogP contribution is 2.38. The van der Waals surface area contributed by atoms with Crippen LogP contribution in [-0.4, -0.2) is 59.7 Å². The molecule has 0 radical (unpaired) electrons. The van der Waals surface area contributed by atoms with Crippen LogP contribution in [0.2, 0.25) is 0 Å². The lowest BCUT2D eigenvalue weighted by atomic mass is 9.96. The molecule has 0 aliphatic carbocycles. The zero-order chi connectivity index (χ0) is 23.7. The highest BCUT2D eigenvalue weighted by molar-refractivity contribution is 6.39. The number of piperidine rings is 1. The number of carbonyl (C=O) groups excluding carboxylic acids is 4. The Balaban J connectivity index is 1.11. The van der Waals surface area contributed by atoms with Gasteiger partial charge in [0.05, 0.1) is 5.69 Å². The Morgan fingerprint density at radius 1 is 0.941 bits per heavy atom. The molecule has 1 fully saturated rings. The van der Waals surface area contributed by atoms with Crippen LogP contribution < -0.4 is 15.5 Å². The van der Waals surface area contributed by atoms with Crippen LogP contribution in [0.3, 0.4) is 0 Å². The van der Waals surface area contributed by atoms with Crippen LogP contribution >= 0.6 is 0 Å². The molecular weight excluding hydrogens is 434 g/mol. The van der Waals surface area contributed by atoms with E-state index in [1.165, 1.54) is 0 Å². The molecular formula is C25H27N5O4. The average molecular weight is 462 g/mol. The predicted molar refractivity (Wildman–Crippen MR) is 125 cm³/mol. The molecule has 3 aliphatic heterocycles.